The van der Waals surface area contributed by atoms with Crippen molar-refractivity contribution in [3.05, 3.63) is 47.5 Å². The van der Waals surface area contributed by atoms with Crippen LogP contribution >= 0.6 is 0 Å². The Labute approximate surface area is 99.8 Å². The summed E-state index contributed by atoms with van der Waals surface area (Å²) in [6.07, 6.45) is 1.98. The van der Waals surface area contributed by atoms with Gasteiger partial charge in [0.25, 0.3) is 0 Å². The number of hydrogen-bond donors (Lipinski definition) is 0. The summed E-state index contributed by atoms with van der Waals surface area (Å²) in [5, 5.41) is 0. The summed E-state index contributed by atoms with van der Waals surface area (Å²) in [6.45, 7) is 0. The van der Waals surface area contributed by atoms with Gasteiger partial charge >= 0.3 is 11.9 Å². The Morgan fingerprint density at radius 3 is 2.06 bits per heavy atom. The van der Waals surface area contributed by atoms with Gasteiger partial charge < -0.3 is 9.47 Å². The highest BCUT2D eigenvalue weighted by atomic mass is 16.5. The van der Waals surface area contributed by atoms with E-state index in [0.29, 0.717) is 6.42 Å². The van der Waals surface area contributed by atoms with E-state index in [1.54, 1.807) is 0 Å². The highest BCUT2D eigenvalue weighted by Crippen LogP contribution is 2.06. The third kappa shape index (κ3) is 3.75. The number of hydrogen-bond acceptors (Lipinski definition) is 4. The Morgan fingerprint density at radius 1 is 1.06 bits per heavy atom. The molecular formula is C13H14O4. The minimum atomic E-state index is -0.687. The van der Waals surface area contributed by atoms with Crippen molar-refractivity contribution >= 4 is 11.9 Å². The van der Waals surface area contributed by atoms with E-state index in [9.17, 15) is 9.59 Å². The van der Waals surface area contributed by atoms with Gasteiger partial charge in [-0.25, -0.2) is 9.59 Å². The van der Waals surface area contributed by atoms with E-state index < -0.39 is 11.9 Å². The van der Waals surface area contributed by atoms with Crippen LogP contribution in [0.5, 0.6) is 0 Å². The van der Waals surface area contributed by atoms with Crippen LogP contribution in [-0.2, 0) is 25.5 Å². The Balaban J connectivity index is 2.84. The van der Waals surface area contributed by atoms with E-state index >= 15 is 0 Å². The fraction of sp³-hybridized carbons (Fsp3) is 0.231. The molecule has 0 amide bonds. The zero-order valence-corrected chi connectivity index (χ0v) is 9.80. The number of carbonyl (C=O) groups is 2. The normalized spacial score (nSPS) is 9.29. The van der Waals surface area contributed by atoms with Crippen LogP contribution in [0.3, 0.4) is 0 Å². The van der Waals surface area contributed by atoms with Crippen molar-refractivity contribution in [3.63, 3.8) is 0 Å². The Morgan fingerprint density at radius 2 is 1.59 bits per heavy atom. The predicted molar refractivity (Wildman–Crippen MR) is 62.3 cm³/mol. The molecule has 0 bridgehead atoms. The lowest BCUT2D eigenvalue weighted by atomic mass is 10.1. The molecule has 90 valence electrons. The highest BCUT2D eigenvalue weighted by Gasteiger charge is 2.18. The molecule has 0 atom stereocenters. The molecule has 0 radical (unpaired) electrons. The van der Waals surface area contributed by atoms with Gasteiger partial charge in [0.1, 0.15) is 5.57 Å². The van der Waals surface area contributed by atoms with Crippen molar-refractivity contribution in [1.82, 2.24) is 0 Å². The van der Waals surface area contributed by atoms with Gasteiger partial charge in [0.05, 0.1) is 14.2 Å². The number of methoxy groups -OCH3 is 2. The Kier molecular flexibility index (Phi) is 4.94. The molecular weight excluding hydrogens is 220 g/mol. The second kappa shape index (κ2) is 6.48. The SMILES string of the molecule is COC(=O)C(=CCc1ccccc1)C(=O)OC. The number of ether oxygens (including phenoxy) is 2. The van der Waals surface area contributed by atoms with Gasteiger partial charge in [-0.15, -0.1) is 0 Å². The molecule has 0 aromatic heterocycles. The van der Waals surface area contributed by atoms with Crippen molar-refractivity contribution in [2.24, 2.45) is 0 Å². The van der Waals surface area contributed by atoms with Crippen molar-refractivity contribution in [2.45, 2.75) is 6.42 Å². The number of allylic oxidation sites excluding steroid dienone is 1. The van der Waals surface area contributed by atoms with E-state index in [0.717, 1.165) is 5.56 Å². The molecule has 4 heteroatoms. The standard InChI is InChI=1S/C13H14O4/c1-16-12(14)11(13(15)17-2)9-8-10-6-4-3-5-7-10/h3-7,9H,8H2,1-2H3. The van der Waals surface area contributed by atoms with Crippen LogP contribution in [0.2, 0.25) is 0 Å². The molecule has 0 aliphatic carbocycles. The van der Waals surface area contributed by atoms with Crippen molar-refractivity contribution in [3.8, 4) is 0 Å². The highest BCUT2D eigenvalue weighted by molar-refractivity contribution is 6.13. The van der Waals surface area contributed by atoms with Crippen molar-refractivity contribution in [2.75, 3.05) is 14.2 Å². The average molecular weight is 234 g/mol. The molecule has 0 fully saturated rings. The lowest BCUT2D eigenvalue weighted by Crippen LogP contribution is -2.16. The number of benzene rings is 1. The summed E-state index contributed by atoms with van der Waals surface area (Å²) in [5.41, 5.74) is 0.914. The molecule has 0 aliphatic rings. The molecule has 1 aromatic rings. The van der Waals surface area contributed by atoms with Crippen LogP contribution in [0.25, 0.3) is 0 Å². The first-order valence-corrected chi connectivity index (χ1v) is 5.09. The van der Waals surface area contributed by atoms with Crippen molar-refractivity contribution < 1.29 is 19.1 Å². The average Bonchev–Trinajstić information content (AvgIpc) is 2.39. The topological polar surface area (TPSA) is 52.6 Å². The number of carbonyl (C=O) groups excluding carboxylic acids is 2. The van der Waals surface area contributed by atoms with Gasteiger partial charge in [0.15, 0.2) is 0 Å². The summed E-state index contributed by atoms with van der Waals surface area (Å²) in [4.78, 5) is 22.7. The molecule has 4 nitrogen and oxygen atoms in total. The molecule has 1 rings (SSSR count). The number of esters is 2. The monoisotopic (exact) mass is 234 g/mol. The van der Waals surface area contributed by atoms with Gasteiger partial charge in [-0.3, -0.25) is 0 Å². The van der Waals surface area contributed by atoms with E-state index in [-0.39, 0.29) is 5.57 Å². The molecule has 0 aliphatic heterocycles. The van der Waals surface area contributed by atoms with E-state index in [1.807, 2.05) is 30.3 Å². The molecule has 17 heavy (non-hydrogen) atoms. The summed E-state index contributed by atoms with van der Waals surface area (Å²) >= 11 is 0. The maximum absolute atomic E-state index is 11.3. The van der Waals surface area contributed by atoms with Gasteiger partial charge in [-0.2, -0.15) is 0 Å². The van der Waals surface area contributed by atoms with E-state index in [4.69, 9.17) is 0 Å². The number of rotatable bonds is 4. The third-order valence-electron chi connectivity index (χ3n) is 2.20. The molecule has 0 unspecified atom stereocenters. The fourth-order valence-corrected chi connectivity index (χ4v) is 1.30. The molecule has 0 N–H and O–H groups in total. The Bertz CT molecular complexity index is 402. The second-order valence-electron chi connectivity index (χ2n) is 3.29. The van der Waals surface area contributed by atoms with Gasteiger partial charge in [-0.05, 0) is 12.0 Å². The quantitative estimate of drug-likeness (QED) is 0.343. The first-order valence-electron chi connectivity index (χ1n) is 5.09. The van der Waals surface area contributed by atoms with Crippen LogP contribution in [0, 0.1) is 0 Å². The predicted octanol–water partition coefficient (Wildman–Crippen LogP) is 1.50. The molecule has 0 spiro atoms. The largest absolute Gasteiger partial charge is 0.465 e. The molecule has 1 aromatic carbocycles. The zero-order valence-electron chi connectivity index (χ0n) is 9.80. The first kappa shape index (κ1) is 13.0. The summed E-state index contributed by atoms with van der Waals surface area (Å²) < 4.78 is 9.03. The third-order valence-corrected chi connectivity index (χ3v) is 2.20. The molecule has 0 saturated carbocycles. The fourth-order valence-electron chi connectivity index (χ4n) is 1.30. The van der Waals surface area contributed by atoms with Gasteiger partial charge in [0, 0.05) is 0 Å². The smallest absolute Gasteiger partial charge is 0.344 e. The Hall–Kier alpha value is -2.10. The van der Waals surface area contributed by atoms with E-state index in [2.05, 4.69) is 9.47 Å². The van der Waals surface area contributed by atoms with Crippen LogP contribution < -0.4 is 0 Å². The molecule has 0 heterocycles. The van der Waals surface area contributed by atoms with Crippen molar-refractivity contribution in [1.29, 1.82) is 0 Å². The molecule has 0 saturated heterocycles. The first-order chi connectivity index (χ1) is 8.19. The zero-order chi connectivity index (χ0) is 12.7. The van der Waals surface area contributed by atoms with Crippen LogP contribution in [-0.4, -0.2) is 26.2 Å². The lowest BCUT2D eigenvalue weighted by molar-refractivity contribution is -0.144. The second-order valence-corrected chi connectivity index (χ2v) is 3.29. The van der Waals surface area contributed by atoms with Gasteiger partial charge in [0.2, 0.25) is 0 Å². The maximum Gasteiger partial charge on any atom is 0.344 e. The summed E-state index contributed by atoms with van der Waals surface area (Å²) in [6, 6.07) is 9.48. The summed E-state index contributed by atoms with van der Waals surface area (Å²) in [5.74, 6) is -1.37. The maximum atomic E-state index is 11.3. The van der Waals surface area contributed by atoms with Gasteiger partial charge in [-0.1, -0.05) is 36.4 Å². The lowest BCUT2D eigenvalue weighted by Gasteiger charge is -2.03. The minimum absolute atomic E-state index is 0.0844. The minimum Gasteiger partial charge on any atom is -0.465 e. The van der Waals surface area contributed by atoms with Crippen LogP contribution in [0.1, 0.15) is 5.56 Å². The summed E-state index contributed by atoms with van der Waals surface area (Å²) in [7, 11) is 2.45. The van der Waals surface area contributed by atoms with Crippen LogP contribution in [0.15, 0.2) is 42.0 Å². The van der Waals surface area contributed by atoms with Crippen LogP contribution in [0.4, 0.5) is 0 Å². The van der Waals surface area contributed by atoms with E-state index in [1.165, 1.54) is 20.3 Å².